The van der Waals surface area contributed by atoms with Crippen molar-refractivity contribution in [2.75, 3.05) is 0 Å². The molecule has 4 heteroatoms. The van der Waals surface area contributed by atoms with Crippen molar-refractivity contribution >= 4 is 17.2 Å². The van der Waals surface area contributed by atoms with Crippen LogP contribution in [0.2, 0.25) is 0 Å². The molecular weight excluding hydrogens is 280 g/mol. The molecule has 0 bridgehead atoms. The van der Waals surface area contributed by atoms with E-state index in [2.05, 4.69) is 24.3 Å². The van der Waals surface area contributed by atoms with Gasteiger partial charge in [-0.3, -0.25) is 4.79 Å². The van der Waals surface area contributed by atoms with Crippen molar-refractivity contribution < 1.29 is 0 Å². The number of nitrogens with two attached hydrogens (primary N) is 1. The smallest absolute Gasteiger partial charge is 0.260 e. The molecule has 3 rings (SSSR count). The molecule has 0 aliphatic heterocycles. The monoisotopic (exact) mass is 298 g/mol. The molecule has 2 aromatic rings. The number of fused-ring (bicyclic) bond motifs is 1. The fraction of sp³-hybridized carbons (Fsp3) is 0.294. The molecule has 0 spiro atoms. The zero-order chi connectivity index (χ0) is 14.8. The number of hydrogen-bond donors (Lipinski definition) is 1. The zero-order valence-electron chi connectivity index (χ0n) is 11.8. The number of benzene rings is 1. The summed E-state index contributed by atoms with van der Waals surface area (Å²) < 4.78 is 1.74. The van der Waals surface area contributed by atoms with E-state index in [0.717, 1.165) is 12.8 Å². The van der Waals surface area contributed by atoms with Crippen molar-refractivity contribution in [3.05, 3.63) is 69.6 Å². The molecule has 3 nitrogen and oxygen atoms in total. The Balaban J connectivity index is 1.94. The second-order valence-corrected chi connectivity index (χ2v) is 5.97. The number of aryl methyl sites for hydroxylation is 1. The molecule has 21 heavy (non-hydrogen) atoms. The van der Waals surface area contributed by atoms with Crippen LogP contribution in [0.5, 0.6) is 0 Å². The molecule has 1 aromatic heterocycles. The quantitative estimate of drug-likeness (QED) is 0.886. The van der Waals surface area contributed by atoms with E-state index in [1.807, 2.05) is 12.3 Å². The summed E-state index contributed by atoms with van der Waals surface area (Å²) in [5.74, 6) is 0.384. The van der Waals surface area contributed by atoms with Gasteiger partial charge in [-0.15, -0.1) is 0 Å². The maximum atomic E-state index is 12.4. The molecule has 1 aliphatic rings. The first-order valence-corrected chi connectivity index (χ1v) is 7.64. The van der Waals surface area contributed by atoms with Crippen LogP contribution >= 0.6 is 12.2 Å². The van der Waals surface area contributed by atoms with Gasteiger partial charge in [0, 0.05) is 18.7 Å². The Labute approximate surface area is 129 Å². The Morgan fingerprint density at radius 2 is 2.10 bits per heavy atom. The van der Waals surface area contributed by atoms with Crippen molar-refractivity contribution in [2.45, 2.75) is 31.7 Å². The lowest BCUT2D eigenvalue weighted by atomic mass is 9.83. The summed E-state index contributed by atoms with van der Waals surface area (Å²) >= 11 is 4.94. The third-order valence-corrected chi connectivity index (χ3v) is 4.42. The Hall–Kier alpha value is -1.94. The molecule has 1 atom stereocenters. The average Bonchev–Trinajstić information content (AvgIpc) is 2.49. The third kappa shape index (κ3) is 2.76. The number of rotatable bonds is 3. The molecule has 0 fully saturated rings. The highest BCUT2D eigenvalue weighted by Gasteiger charge is 2.20. The standard InChI is InChI=1S/C17H18N2OS/c18-16(21)15-9-4-10-19(17(15)20)11-13-7-3-6-12-5-1-2-8-14(12)13/h1-2,4-5,8-10,13H,3,6-7,11H2,(H2,18,21). The molecule has 0 radical (unpaired) electrons. The molecular formula is C17H18N2OS. The number of nitrogens with zero attached hydrogens (tertiary/aromatic N) is 1. The summed E-state index contributed by atoms with van der Waals surface area (Å²) in [7, 11) is 0. The Morgan fingerprint density at radius 1 is 1.29 bits per heavy atom. The summed E-state index contributed by atoms with van der Waals surface area (Å²) in [6, 6.07) is 12.1. The topological polar surface area (TPSA) is 48.0 Å². The van der Waals surface area contributed by atoms with Gasteiger partial charge < -0.3 is 10.3 Å². The predicted molar refractivity (Wildman–Crippen MR) is 88.7 cm³/mol. The first-order valence-electron chi connectivity index (χ1n) is 7.24. The van der Waals surface area contributed by atoms with E-state index in [0.29, 0.717) is 18.0 Å². The van der Waals surface area contributed by atoms with Crippen LogP contribution in [-0.2, 0) is 13.0 Å². The van der Waals surface area contributed by atoms with E-state index >= 15 is 0 Å². The lowest BCUT2D eigenvalue weighted by Gasteiger charge is -2.26. The number of thiocarbonyl (C=S) groups is 1. The van der Waals surface area contributed by atoms with Gasteiger partial charge in [0.05, 0.1) is 5.56 Å². The minimum Gasteiger partial charge on any atom is -0.389 e. The molecule has 1 heterocycles. The van der Waals surface area contributed by atoms with E-state index in [1.54, 1.807) is 10.6 Å². The highest BCUT2D eigenvalue weighted by molar-refractivity contribution is 7.80. The maximum Gasteiger partial charge on any atom is 0.260 e. The fourth-order valence-electron chi connectivity index (χ4n) is 3.15. The van der Waals surface area contributed by atoms with Crippen molar-refractivity contribution in [2.24, 2.45) is 5.73 Å². The molecule has 2 N–H and O–H groups in total. The molecule has 0 saturated heterocycles. The normalized spacial score (nSPS) is 17.2. The number of aromatic nitrogens is 1. The minimum atomic E-state index is -0.0898. The maximum absolute atomic E-state index is 12.4. The molecule has 1 aromatic carbocycles. The van der Waals surface area contributed by atoms with Gasteiger partial charge in [-0.25, -0.2) is 0 Å². The third-order valence-electron chi connectivity index (χ3n) is 4.20. The van der Waals surface area contributed by atoms with Crippen molar-refractivity contribution in [1.82, 2.24) is 4.57 Å². The molecule has 0 saturated carbocycles. The highest BCUT2D eigenvalue weighted by Crippen LogP contribution is 2.32. The Bertz CT molecular complexity index is 736. The van der Waals surface area contributed by atoms with Gasteiger partial charge in [0.1, 0.15) is 4.99 Å². The van der Waals surface area contributed by atoms with Crippen LogP contribution in [0.15, 0.2) is 47.4 Å². The first-order chi connectivity index (χ1) is 10.2. The van der Waals surface area contributed by atoms with Gasteiger partial charge in [0.2, 0.25) is 0 Å². The van der Waals surface area contributed by atoms with E-state index < -0.39 is 0 Å². The lowest BCUT2D eigenvalue weighted by Crippen LogP contribution is -2.30. The summed E-state index contributed by atoms with van der Waals surface area (Å²) in [4.78, 5) is 12.6. The molecule has 1 aliphatic carbocycles. The fourth-order valence-corrected chi connectivity index (χ4v) is 3.31. The van der Waals surface area contributed by atoms with Crippen LogP contribution in [-0.4, -0.2) is 9.56 Å². The Kier molecular flexibility index (Phi) is 3.88. The van der Waals surface area contributed by atoms with E-state index in [4.69, 9.17) is 18.0 Å². The summed E-state index contributed by atoms with van der Waals surface area (Å²) in [5.41, 5.74) is 8.73. The largest absolute Gasteiger partial charge is 0.389 e. The van der Waals surface area contributed by atoms with Gasteiger partial charge >= 0.3 is 0 Å². The van der Waals surface area contributed by atoms with Crippen LogP contribution in [0.3, 0.4) is 0 Å². The molecule has 1 unspecified atom stereocenters. The van der Waals surface area contributed by atoms with Gasteiger partial charge in [-0.2, -0.15) is 0 Å². The van der Waals surface area contributed by atoms with Gasteiger partial charge in [0.15, 0.2) is 0 Å². The molecule has 108 valence electrons. The second-order valence-electron chi connectivity index (χ2n) is 5.53. The van der Waals surface area contributed by atoms with Crippen LogP contribution in [0, 0.1) is 0 Å². The second kappa shape index (κ2) is 5.82. The van der Waals surface area contributed by atoms with Crippen LogP contribution in [0.25, 0.3) is 0 Å². The first kappa shape index (κ1) is 14.0. The van der Waals surface area contributed by atoms with Crippen molar-refractivity contribution in [1.29, 1.82) is 0 Å². The highest BCUT2D eigenvalue weighted by atomic mass is 32.1. The van der Waals surface area contributed by atoms with Crippen molar-refractivity contribution in [3.8, 4) is 0 Å². The summed E-state index contributed by atoms with van der Waals surface area (Å²) in [6.07, 6.45) is 5.24. The van der Waals surface area contributed by atoms with Crippen molar-refractivity contribution in [3.63, 3.8) is 0 Å². The van der Waals surface area contributed by atoms with Crippen LogP contribution in [0.1, 0.15) is 35.4 Å². The van der Waals surface area contributed by atoms with E-state index in [-0.39, 0.29) is 10.5 Å². The van der Waals surface area contributed by atoms with Gasteiger partial charge in [-0.1, -0.05) is 36.5 Å². The minimum absolute atomic E-state index is 0.0898. The van der Waals surface area contributed by atoms with Gasteiger partial charge in [-0.05, 0) is 42.5 Å². The zero-order valence-corrected chi connectivity index (χ0v) is 12.6. The SMILES string of the molecule is NC(=S)c1cccn(CC2CCCc3ccccc32)c1=O. The number of pyridine rings is 1. The predicted octanol–water partition coefficient (Wildman–Crippen LogP) is 2.60. The van der Waals surface area contributed by atoms with Crippen LogP contribution < -0.4 is 11.3 Å². The average molecular weight is 298 g/mol. The Morgan fingerprint density at radius 3 is 2.90 bits per heavy atom. The summed E-state index contributed by atoms with van der Waals surface area (Å²) in [6.45, 7) is 0.687. The van der Waals surface area contributed by atoms with Crippen LogP contribution in [0.4, 0.5) is 0 Å². The van der Waals surface area contributed by atoms with E-state index in [1.165, 1.54) is 17.5 Å². The number of hydrogen-bond acceptors (Lipinski definition) is 2. The van der Waals surface area contributed by atoms with Gasteiger partial charge in [0.25, 0.3) is 5.56 Å². The lowest BCUT2D eigenvalue weighted by molar-refractivity contribution is 0.475. The molecule has 0 amide bonds. The summed E-state index contributed by atoms with van der Waals surface area (Å²) in [5, 5.41) is 0. The van der Waals surface area contributed by atoms with E-state index in [9.17, 15) is 4.79 Å².